The molecule has 0 unspecified atom stereocenters. The van der Waals surface area contributed by atoms with Crippen molar-refractivity contribution in [2.75, 3.05) is 31.1 Å². The van der Waals surface area contributed by atoms with Crippen molar-refractivity contribution in [1.29, 1.82) is 0 Å². The number of anilines is 1. The van der Waals surface area contributed by atoms with Crippen LogP contribution in [0, 0.1) is 0 Å². The molecule has 2 aromatic rings. The van der Waals surface area contributed by atoms with Crippen molar-refractivity contribution in [3.8, 4) is 11.3 Å². The summed E-state index contributed by atoms with van der Waals surface area (Å²) in [5, 5.41) is 3.26. The Morgan fingerprint density at radius 2 is 1.91 bits per heavy atom. The molecular formula is C15H17F3N4. The van der Waals surface area contributed by atoms with E-state index in [9.17, 15) is 13.2 Å². The van der Waals surface area contributed by atoms with E-state index in [1.165, 1.54) is 6.07 Å². The number of imidazole rings is 1. The Morgan fingerprint density at radius 1 is 1.18 bits per heavy atom. The highest BCUT2D eigenvalue weighted by Crippen LogP contribution is 2.32. The number of hydrogen-bond acceptors (Lipinski definition) is 3. The second-order valence-corrected chi connectivity index (χ2v) is 5.35. The Kier molecular flexibility index (Phi) is 3.82. The molecule has 1 aliphatic rings. The van der Waals surface area contributed by atoms with Crippen LogP contribution < -0.4 is 10.2 Å². The van der Waals surface area contributed by atoms with Crippen LogP contribution in [0.2, 0.25) is 0 Å². The highest BCUT2D eigenvalue weighted by atomic mass is 19.4. The maximum absolute atomic E-state index is 12.8. The van der Waals surface area contributed by atoms with Gasteiger partial charge in [-0.2, -0.15) is 13.2 Å². The molecule has 0 saturated carbocycles. The molecule has 22 heavy (non-hydrogen) atoms. The lowest BCUT2D eigenvalue weighted by atomic mass is 10.1. The van der Waals surface area contributed by atoms with Crippen LogP contribution in [0.3, 0.4) is 0 Å². The predicted octanol–water partition coefficient (Wildman–Crippen LogP) is 2.52. The molecule has 0 aliphatic carbocycles. The van der Waals surface area contributed by atoms with E-state index in [1.54, 1.807) is 12.3 Å². The molecule has 0 atom stereocenters. The summed E-state index contributed by atoms with van der Waals surface area (Å²) in [4.78, 5) is 6.65. The van der Waals surface area contributed by atoms with Crippen LogP contribution >= 0.6 is 0 Å². The second-order valence-electron chi connectivity index (χ2n) is 5.35. The maximum atomic E-state index is 12.8. The van der Waals surface area contributed by atoms with Gasteiger partial charge in [0, 0.05) is 45.0 Å². The van der Waals surface area contributed by atoms with E-state index in [0.717, 1.165) is 44.3 Å². The average Bonchev–Trinajstić information content (AvgIpc) is 2.89. The summed E-state index contributed by atoms with van der Waals surface area (Å²) in [7, 11) is 1.86. The van der Waals surface area contributed by atoms with Gasteiger partial charge in [-0.3, -0.25) is 0 Å². The summed E-state index contributed by atoms with van der Waals surface area (Å²) in [6, 6.07) is 5.28. The number of halogens is 3. The van der Waals surface area contributed by atoms with Gasteiger partial charge in [-0.15, -0.1) is 0 Å². The summed E-state index contributed by atoms with van der Waals surface area (Å²) in [5.41, 5.74) is 0.383. The fourth-order valence-corrected chi connectivity index (χ4v) is 2.61. The van der Waals surface area contributed by atoms with Crippen LogP contribution in [-0.2, 0) is 13.2 Å². The van der Waals surface area contributed by atoms with Crippen LogP contribution in [0.1, 0.15) is 5.56 Å². The van der Waals surface area contributed by atoms with Crippen LogP contribution in [0.4, 0.5) is 19.1 Å². The molecule has 4 nitrogen and oxygen atoms in total. The summed E-state index contributed by atoms with van der Waals surface area (Å²) in [5.74, 6) is 0.786. The van der Waals surface area contributed by atoms with E-state index in [2.05, 4.69) is 15.2 Å². The molecule has 7 heteroatoms. The predicted molar refractivity (Wildman–Crippen MR) is 78.7 cm³/mol. The fraction of sp³-hybridized carbons (Fsp3) is 0.400. The third kappa shape index (κ3) is 2.94. The Bertz CT molecular complexity index is 657. The number of piperazine rings is 1. The van der Waals surface area contributed by atoms with Gasteiger partial charge in [0.2, 0.25) is 5.95 Å². The van der Waals surface area contributed by atoms with E-state index < -0.39 is 11.7 Å². The highest BCUT2D eigenvalue weighted by molar-refractivity contribution is 5.62. The summed E-state index contributed by atoms with van der Waals surface area (Å²) in [6.07, 6.45) is -2.57. The van der Waals surface area contributed by atoms with Gasteiger partial charge in [-0.1, -0.05) is 12.1 Å². The van der Waals surface area contributed by atoms with Gasteiger partial charge >= 0.3 is 6.18 Å². The van der Waals surface area contributed by atoms with E-state index in [0.29, 0.717) is 11.3 Å². The fourth-order valence-electron chi connectivity index (χ4n) is 2.61. The molecule has 1 aromatic heterocycles. The molecule has 0 amide bonds. The normalized spacial score (nSPS) is 16.1. The molecule has 2 heterocycles. The molecule has 1 fully saturated rings. The van der Waals surface area contributed by atoms with E-state index in [1.807, 2.05) is 11.6 Å². The van der Waals surface area contributed by atoms with Crippen molar-refractivity contribution >= 4 is 5.95 Å². The molecule has 118 valence electrons. The van der Waals surface area contributed by atoms with Crippen molar-refractivity contribution < 1.29 is 13.2 Å². The number of aromatic nitrogens is 2. The average molecular weight is 310 g/mol. The Morgan fingerprint density at radius 3 is 2.59 bits per heavy atom. The third-order valence-corrected chi connectivity index (χ3v) is 3.74. The first-order valence-electron chi connectivity index (χ1n) is 7.12. The number of nitrogens with one attached hydrogen (secondary N) is 1. The molecule has 0 spiro atoms. The van der Waals surface area contributed by atoms with Crippen LogP contribution in [0.25, 0.3) is 11.3 Å². The number of alkyl halides is 3. The molecule has 1 aliphatic heterocycles. The third-order valence-electron chi connectivity index (χ3n) is 3.74. The number of benzene rings is 1. The summed E-state index contributed by atoms with van der Waals surface area (Å²) in [6.45, 7) is 3.44. The lowest BCUT2D eigenvalue weighted by molar-refractivity contribution is -0.137. The zero-order valence-corrected chi connectivity index (χ0v) is 12.2. The zero-order chi connectivity index (χ0) is 15.7. The van der Waals surface area contributed by atoms with Crippen molar-refractivity contribution in [2.45, 2.75) is 6.18 Å². The molecule has 1 saturated heterocycles. The number of nitrogens with zero attached hydrogens (tertiary/aromatic N) is 3. The molecule has 1 N–H and O–H groups in total. The van der Waals surface area contributed by atoms with Crippen molar-refractivity contribution in [2.24, 2.45) is 7.05 Å². The Hall–Kier alpha value is -2.02. The standard InChI is InChI=1S/C15H17F3N4/c1-21-10-13(20-14(21)22-7-5-19-6-8-22)11-3-2-4-12(9-11)15(16,17)18/h2-4,9-10,19H,5-8H2,1H3. The molecule has 0 bridgehead atoms. The molecular weight excluding hydrogens is 293 g/mol. The lowest BCUT2D eigenvalue weighted by Crippen LogP contribution is -2.44. The first-order chi connectivity index (χ1) is 10.4. The van der Waals surface area contributed by atoms with Gasteiger partial charge in [0.1, 0.15) is 0 Å². The Labute approximate surface area is 126 Å². The SMILES string of the molecule is Cn1cc(-c2cccc(C(F)(F)F)c2)nc1N1CCNCC1. The largest absolute Gasteiger partial charge is 0.416 e. The van der Waals surface area contributed by atoms with Crippen molar-refractivity contribution in [1.82, 2.24) is 14.9 Å². The first kappa shape index (κ1) is 14.9. The minimum atomic E-state index is -4.34. The molecule has 0 radical (unpaired) electrons. The lowest BCUT2D eigenvalue weighted by Gasteiger charge is -2.28. The van der Waals surface area contributed by atoms with Gasteiger partial charge in [-0.25, -0.2) is 4.98 Å². The monoisotopic (exact) mass is 310 g/mol. The number of rotatable bonds is 2. The van der Waals surface area contributed by atoms with Gasteiger partial charge in [0.25, 0.3) is 0 Å². The van der Waals surface area contributed by atoms with Gasteiger partial charge < -0.3 is 14.8 Å². The van der Waals surface area contributed by atoms with E-state index >= 15 is 0 Å². The smallest absolute Gasteiger partial charge is 0.340 e. The van der Waals surface area contributed by atoms with Crippen LogP contribution in [0.5, 0.6) is 0 Å². The summed E-state index contributed by atoms with van der Waals surface area (Å²) >= 11 is 0. The van der Waals surface area contributed by atoms with E-state index in [-0.39, 0.29) is 0 Å². The molecule has 1 aromatic carbocycles. The second kappa shape index (κ2) is 5.64. The van der Waals surface area contributed by atoms with Gasteiger partial charge in [-0.05, 0) is 12.1 Å². The quantitative estimate of drug-likeness (QED) is 0.925. The minimum Gasteiger partial charge on any atom is -0.340 e. The maximum Gasteiger partial charge on any atom is 0.416 e. The van der Waals surface area contributed by atoms with Gasteiger partial charge in [0.15, 0.2) is 0 Å². The zero-order valence-electron chi connectivity index (χ0n) is 12.2. The van der Waals surface area contributed by atoms with Gasteiger partial charge in [0.05, 0.1) is 11.3 Å². The highest BCUT2D eigenvalue weighted by Gasteiger charge is 2.30. The van der Waals surface area contributed by atoms with Crippen molar-refractivity contribution in [3.05, 3.63) is 36.0 Å². The summed E-state index contributed by atoms with van der Waals surface area (Å²) < 4.78 is 40.3. The Balaban J connectivity index is 1.92. The number of hydrogen-bond donors (Lipinski definition) is 1. The first-order valence-corrected chi connectivity index (χ1v) is 7.12. The van der Waals surface area contributed by atoms with E-state index in [4.69, 9.17) is 0 Å². The number of aryl methyl sites for hydroxylation is 1. The minimum absolute atomic E-state index is 0.479. The van der Waals surface area contributed by atoms with Crippen LogP contribution in [0.15, 0.2) is 30.5 Å². The van der Waals surface area contributed by atoms with Crippen LogP contribution in [-0.4, -0.2) is 35.7 Å². The topological polar surface area (TPSA) is 33.1 Å². The molecule has 3 rings (SSSR count). The van der Waals surface area contributed by atoms with Crippen molar-refractivity contribution in [3.63, 3.8) is 0 Å².